The van der Waals surface area contributed by atoms with Gasteiger partial charge in [0, 0.05) is 6.20 Å². The summed E-state index contributed by atoms with van der Waals surface area (Å²) >= 11 is 0. The van der Waals surface area contributed by atoms with Crippen LogP contribution in [0, 0.1) is 0 Å². The van der Waals surface area contributed by atoms with Crippen LogP contribution in [0.15, 0.2) is 66.9 Å². The van der Waals surface area contributed by atoms with E-state index in [0.717, 1.165) is 23.3 Å². The lowest BCUT2D eigenvalue weighted by Crippen LogP contribution is -2.04. The van der Waals surface area contributed by atoms with Crippen LogP contribution in [0.4, 0.5) is 13.2 Å². The van der Waals surface area contributed by atoms with E-state index in [9.17, 15) is 13.2 Å². The van der Waals surface area contributed by atoms with Crippen molar-refractivity contribution in [3.8, 4) is 11.1 Å². The van der Waals surface area contributed by atoms with Crippen LogP contribution >= 0.6 is 0 Å². The summed E-state index contributed by atoms with van der Waals surface area (Å²) in [6, 6.07) is 17.0. The van der Waals surface area contributed by atoms with Crippen molar-refractivity contribution >= 4 is 28.0 Å². The Hall–Kier alpha value is -3.48. The monoisotopic (exact) mass is 364 g/mol. The lowest BCUT2D eigenvalue weighted by Gasteiger charge is -2.06. The highest BCUT2D eigenvalue weighted by Crippen LogP contribution is 2.31. The first-order chi connectivity index (χ1) is 13.0. The lowest BCUT2D eigenvalue weighted by molar-refractivity contribution is -0.137. The molecule has 0 unspecified atom stereocenters. The quantitative estimate of drug-likeness (QED) is 0.415. The van der Waals surface area contributed by atoms with Gasteiger partial charge in [-0.25, -0.2) is 15.0 Å². The number of hydrogen-bond acceptors (Lipinski definition) is 3. The van der Waals surface area contributed by atoms with E-state index in [1.54, 1.807) is 10.6 Å². The summed E-state index contributed by atoms with van der Waals surface area (Å²) in [7, 11) is 0. The minimum atomic E-state index is -4.42. The summed E-state index contributed by atoms with van der Waals surface area (Å²) in [6.45, 7) is 0. The highest BCUT2D eigenvalue weighted by atomic mass is 19.4. The maximum absolute atomic E-state index is 13.0. The average molecular weight is 364 g/mol. The largest absolute Gasteiger partial charge is 0.416 e. The number of nitrogens with zero attached hydrogens (tertiary/aromatic N) is 4. The zero-order valence-electron chi connectivity index (χ0n) is 13.8. The summed E-state index contributed by atoms with van der Waals surface area (Å²) < 4.78 is 40.6. The molecule has 3 aromatic heterocycles. The first kappa shape index (κ1) is 15.7. The van der Waals surface area contributed by atoms with Crippen molar-refractivity contribution in [2.24, 2.45) is 0 Å². The summed E-state index contributed by atoms with van der Waals surface area (Å²) in [4.78, 5) is 13.2. The molecule has 5 rings (SSSR count). The molecule has 0 saturated heterocycles. The Labute approximate surface area is 150 Å². The Bertz CT molecular complexity index is 1310. The summed E-state index contributed by atoms with van der Waals surface area (Å²) in [5.74, 6) is 0. The topological polar surface area (TPSA) is 43.1 Å². The molecule has 0 aliphatic rings. The second-order valence-electron chi connectivity index (χ2n) is 6.19. The number of alkyl halides is 3. The Morgan fingerprint density at radius 3 is 2.33 bits per heavy atom. The SMILES string of the molecule is FC(F)(F)c1ccc2nc3nc4cc(-c5ccccc5)ccn4c3nc2c1. The van der Waals surface area contributed by atoms with Crippen LogP contribution in [0.2, 0.25) is 0 Å². The van der Waals surface area contributed by atoms with Gasteiger partial charge in [0.2, 0.25) is 0 Å². The number of benzene rings is 2. The molecule has 0 radical (unpaired) electrons. The fraction of sp³-hybridized carbons (Fsp3) is 0.0500. The summed E-state index contributed by atoms with van der Waals surface area (Å²) in [5.41, 5.74) is 3.31. The van der Waals surface area contributed by atoms with Gasteiger partial charge in [0.1, 0.15) is 5.65 Å². The van der Waals surface area contributed by atoms with Gasteiger partial charge in [-0.05, 0) is 41.5 Å². The van der Waals surface area contributed by atoms with Crippen LogP contribution in [-0.2, 0) is 6.18 Å². The van der Waals surface area contributed by atoms with Crippen LogP contribution in [0.3, 0.4) is 0 Å². The molecule has 3 heterocycles. The van der Waals surface area contributed by atoms with Gasteiger partial charge in [-0.3, -0.25) is 4.40 Å². The Kier molecular flexibility index (Phi) is 3.21. The van der Waals surface area contributed by atoms with E-state index >= 15 is 0 Å². The van der Waals surface area contributed by atoms with E-state index in [1.165, 1.54) is 6.07 Å². The van der Waals surface area contributed by atoms with Crippen molar-refractivity contribution in [3.63, 3.8) is 0 Å². The normalized spacial score (nSPS) is 12.3. The van der Waals surface area contributed by atoms with E-state index in [2.05, 4.69) is 15.0 Å². The fourth-order valence-electron chi connectivity index (χ4n) is 3.12. The van der Waals surface area contributed by atoms with Gasteiger partial charge >= 0.3 is 6.18 Å². The number of imidazole rings is 1. The Morgan fingerprint density at radius 1 is 0.741 bits per heavy atom. The number of aromatic nitrogens is 4. The molecule has 0 saturated carbocycles. The summed E-state index contributed by atoms with van der Waals surface area (Å²) in [6.07, 6.45) is -2.62. The summed E-state index contributed by atoms with van der Waals surface area (Å²) in [5, 5.41) is 0. The van der Waals surface area contributed by atoms with Crippen LogP contribution in [-0.4, -0.2) is 19.4 Å². The van der Waals surface area contributed by atoms with Crippen LogP contribution < -0.4 is 0 Å². The van der Waals surface area contributed by atoms with Crippen molar-refractivity contribution < 1.29 is 13.2 Å². The molecule has 0 fully saturated rings. The van der Waals surface area contributed by atoms with Crippen molar-refractivity contribution in [3.05, 3.63) is 72.4 Å². The van der Waals surface area contributed by atoms with Crippen molar-refractivity contribution in [1.82, 2.24) is 19.4 Å². The number of hydrogen-bond donors (Lipinski definition) is 0. The molecule has 2 aromatic carbocycles. The van der Waals surface area contributed by atoms with Crippen LogP contribution in [0.5, 0.6) is 0 Å². The van der Waals surface area contributed by atoms with Crippen LogP contribution in [0.25, 0.3) is 39.1 Å². The van der Waals surface area contributed by atoms with Gasteiger partial charge in [-0.2, -0.15) is 13.2 Å². The standard InChI is InChI=1S/C20H11F3N4/c21-20(22,23)14-6-7-15-16(11-14)25-19-18(24-15)26-17-10-13(8-9-27(17)19)12-4-2-1-3-5-12/h1-11H. The zero-order valence-corrected chi connectivity index (χ0v) is 13.8. The number of pyridine rings is 1. The Balaban J connectivity index is 1.73. The molecule has 0 aliphatic carbocycles. The minimum Gasteiger partial charge on any atom is -0.283 e. The second kappa shape index (κ2) is 5.51. The van der Waals surface area contributed by atoms with E-state index < -0.39 is 11.7 Å². The second-order valence-corrected chi connectivity index (χ2v) is 6.19. The lowest BCUT2D eigenvalue weighted by atomic mass is 10.1. The van der Waals surface area contributed by atoms with Gasteiger partial charge in [0.15, 0.2) is 11.3 Å². The van der Waals surface area contributed by atoms with Gasteiger partial charge in [-0.15, -0.1) is 0 Å². The molecule has 27 heavy (non-hydrogen) atoms. The number of fused-ring (bicyclic) bond motifs is 4. The number of halogens is 3. The molecule has 5 aromatic rings. The highest BCUT2D eigenvalue weighted by molar-refractivity contribution is 5.86. The third-order valence-electron chi connectivity index (χ3n) is 4.45. The third-order valence-corrected chi connectivity index (χ3v) is 4.45. The molecule has 0 amide bonds. The minimum absolute atomic E-state index is 0.186. The van der Waals surface area contributed by atoms with E-state index in [4.69, 9.17) is 0 Å². The van der Waals surface area contributed by atoms with Crippen molar-refractivity contribution in [2.75, 3.05) is 0 Å². The van der Waals surface area contributed by atoms with Crippen molar-refractivity contribution in [2.45, 2.75) is 6.18 Å². The Morgan fingerprint density at radius 2 is 1.56 bits per heavy atom. The van der Waals surface area contributed by atoms with Gasteiger partial charge in [-0.1, -0.05) is 30.3 Å². The molecular weight excluding hydrogens is 353 g/mol. The molecule has 0 aliphatic heterocycles. The molecule has 7 heteroatoms. The van der Waals surface area contributed by atoms with Crippen molar-refractivity contribution in [1.29, 1.82) is 0 Å². The van der Waals surface area contributed by atoms with Crippen LogP contribution in [0.1, 0.15) is 5.56 Å². The molecule has 0 bridgehead atoms. The average Bonchev–Trinajstić information content (AvgIpc) is 3.02. The van der Waals surface area contributed by atoms with E-state index in [1.807, 2.05) is 42.5 Å². The molecule has 132 valence electrons. The molecule has 0 spiro atoms. The molecule has 4 nitrogen and oxygen atoms in total. The maximum Gasteiger partial charge on any atom is 0.416 e. The van der Waals surface area contributed by atoms with E-state index in [-0.39, 0.29) is 5.52 Å². The predicted molar refractivity (Wildman–Crippen MR) is 96.2 cm³/mol. The van der Waals surface area contributed by atoms with E-state index in [0.29, 0.717) is 22.5 Å². The van der Waals surface area contributed by atoms with Gasteiger partial charge in [0.25, 0.3) is 0 Å². The first-order valence-corrected chi connectivity index (χ1v) is 8.21. The smallest absolute Gasteiger partial charge is 0.283 e. The van der Waals surface area contributed by atoms with Gasteiger partial charge < -0.3 is 0 Å². The maximum atomic E-state index is 13.0. The van der Waals surface area contributed by atoms with Gasteiger partial charge in [0.05, 0.1) is 16.6 Å². The fourth-order valence-corrected chi connectivity index (χ4v) is 3.12. The first-order valence-electron chi connectivity index (χ1n) is 8.21. The third kappa shape index (κ3) is 2.59. The molecular formula is C20H11F3N4. The predicted octanol–water partition coefficient (Wildman–Crippen LogP) is 5.12. The highest BCUT2D eigenvalue weighted by Gasteiger charge is 2.30. The zero-order chi connectivity index (χ0) is 18.6. The molecule has 0 atom stereocenters. The molecule has 0 N–H and O–H groups in total. The number of rotatable bonds is 1.